The summed E-state index contributed by atoms with van der Waals surface area (Å²) in [5.74, 6) is 0.220. The molecule has 1 saturated heterocycles. The maximum absolute atomic E-state index is 14.2. The number of aliphatic hydroxyl groups is 1. The summed E-state index contributed by atoms with van der Waals surface area (Å²) in [5, 5.41) is 13.9. The van der Waals surface area contributed by atoms with Crippen LogP contribution >= 0.6 is 0 Å². The number of hydrogen-bond acceptors (Lipinski definition) is 5. The Morgan fingerprint density at radius 2 is 1.89 bits per heavy atom. The molecule has 6 heteroatoms. The fourth-order valence-corrected chi connectivity index (χ4v) is 5.80. The van der Waals surface area contributed by atoms with Gasteiger partial charge in [-0.3, -0.25) is 4.79 Å². The minimum absolute atomic E-state index is 0.116. The fraction of sp³-hybridized carbons (Fsp3) is 0.469. The molecule has 0 spiro atoms. The zero-order chi connectivity index (χ0) is 26.5. The van der Waals surface area contributed by atoms with Crippen molar-refractivity contribution < 1.29 is 14.6 Å². The average molecular weight is 516 g/mol. The topological polar surface area (TPSA) is 65.0 Å². The molecule has 2 aromatic rings. The predicted molar refractivity (Wildman–Crippen MR) is 151 cm³/mol. The molecule has 2 N–H and O–H groups in total. The monoisotopic (exact) mass is 515 g/mol. The average Bonchev–Trinajstić information content (AvgIpc) is 3.79. The number of nitrogens with zero attached hydrogens (tertiary/aromatic N) is 2. The van der Waals surface area contributed by atoms with Crippen LogP contribution in [-0.4, -0.2) is 66.9 Å². The Balaban J connectivity index is 1.40. The van der Waals surface area contributed by atoms with Gasteiger partial charge in [-0.2, -0.15) is 0 Å². The molecule has 2 aliphatic heterocycles. The first-order chi connectivity index (χ1) is 18.5. The van der Waals surface area contributed by atoms with Gasteiger partial charge in [0.2, 0.25) is 5.91 Å². The number of rotatable bonds is 10. The van der Waals surface area contributed by atoms with Crippen molar-refractivity contribution in [2.24, 2.45) is 11.8 Å². The zero-order valence-electron chi connectivity index (χ0n) is 22.7. The molecular formula is C32H41N3O3. The van der Waals surface area contributed by atoms with Crippen molar-refractivity contribution in [3.63, 3.8) is 0 Å². The van der Waals surface area contributed by atoms with Gasteiger partial charge in [-0.25, -0.2) is 0 Å². The van der Waals surface area contributed by atoms with Crippen molar-refractivity contribution in [3.05, 3.63) is 83.6 Å². The second-order valence-electron chi connectivity index (χ2n) is 11.0. The summed E-state index contributed by atoms with van der Waals surface area (Å²) in [4.78, 5) is 18.1. The first kappa shape index (κ1) is 26.7. The van der Waals surface area contributed by atoms with Gasteiger partial charge in [0.25, 0.3) is 0 Å². The Hall–Kier alpha value is -2.93. The molecule has 2 fully saturated rings. The van der Waals surface area contributed by atoms with Crippen molar-refractivity contribution >= 4 is 5.91 Å². The van der Waals surface area contributed by atoms with E-state index in [1.165, 1.54) is 22.3 Å². The van der Waals surface area contributed by atoms with Gasteiger partial charge >= 0.3 is 0 Å². The zero-order valence-corrected chi connectivity index (χ0v) is 22.7. The van der Waals surface area contributed by atoms with E-state index < -0.39 is 6.23 Å². The Morgan fingerprint density at radius 1 is 1.11 bits per heavy atom. The normalized spacial score (nSPS) is 23.3. The lowest BCUT2D eigenvalue weighted by molar-refractivity contribution is -0.138. The van der Waals surface area contributed by atoms with Crippen molar-refractivity contribution in [2.45, 2.75) is 50.9 Å². The molecular weight excluding hydrogens is 474 g/mol. The molecule has 1 saturated carbocycles. The number of amides is 1. The lowest BCUT2D eigenvalue weighted by Gasteiger charge is -2.37. The maximum atomic E-state index is 14.2. The molecule has 3 atom stereocenters. The highest BCUT2D eigenvalue weighted by Crippen LogP contribution is 2.36. The Kier molecular flexibility index (Phi) is 8.62. The molecule has 1 unspecified atom stereocenters. The van der Waals surface area contributed by atoms with Crippen molar-refractivity contribution in [1.29, 1.82) is 0 Å². The number of nitrogens with one attached hydrogen (secondary N) is 1. The van der Waals surface area contributed by atoms with E-state index in [2.05, 4.69) is 58.8 Å². The number of benzene rings is 2. The van der Waals surface area contributed by atoms with Gasteiger partial charge < -0.3 is 25.0 Å². The number of carbonyl (C=O) groups is 1. The summed E-state index contributed by atoms with van der Waals surface area (Å²) in [7, 11) is 3.61. The lowest BCUT2D eigenvalue weighted by Crippen LogP contribution is -2.48. The van der Waals surface area contributed by atoms with Crippen LogP contribution in [0.2, 0.25) is 0 Å². The molecule has 202 valence electrons. The van der Waals surface area contributed by atoms with Gasteiger partial charge in [-0.1, -0.05) is 42.5 Å². The van der Waals surface area contributed by atoms with Gasteiger partial charge in [0.15, 0.2) is 0 Å². The summed E-state index contributed by atoms with van der Waals surface area (Å²) in [6.45, 7) is 2.93. The Morgan fingerprint density at radius 3 is 2.63 bits per heavy atom. The van der Waals surface area contributed by atoms with Crippen LogP contribution in [0.3, 0.4) is 0 Å². The van der Waals surface area contributed by atoms with Gasteiger partial charge in [0.05, 0.1) is 5.92 Å². The van der Waals surface area contributed by atoms with E-state index >= 15 is 0 Å². The number of likely N-dealkylation sites (N-methyl/N-ethyl adjacent to an activating group) is 1. The predicted octanol–water partition coefficient (Wildman–Crippen LogP) is 4.35. The standard InChI is InChI=1S/C32H41N3O3/c1-34-15-13-26(20-31(34)36)29-12-14-33-21-30(29)32(37)35(28-10-11-28)22-24-17-23(7-6-16-38-2)18-27(19-24)25-8-4-3-5-9-25/h3-5,8-9,13,15,17-20,28-31,33,36H,6-7,10-12,14,16,21-22H2,1-2H3/t29-,30+,31?/m1/s1. The van der Waals surface area contributed by atoms with E-state index in [1.54, 1.807) is 12.0 Å². The minimum atomic E-state index is -0.641. The third-order valence-corrected chi connectivity index (χ3v) is 8.09. The van der Waals surface area contributed by atoms with Crippen LogP contribution in [0.5, 0.6) is 0 Å². The summed E-state index contributed by atoms with van der Waals surface area (Å²) in [6, 6.07) is 17.6. The molecule has 6 nitrogen and oxygen atoms in total. The van der Waals surface area contributed by atoms with Gasteiger partial charge in [0.1, 0.15) is 6.23 Å². The minimum Gasteiger partial charge on any atom is -0.385 e. The Labute approximate surface area is 227 Å². The highest BCUT2D eigenvalue weighted by Gasteiger charge is 2.40. The number of carbonyl (C=O) groups excluding carboxylic acids is 1. The molecule has 0 bridgehead atoms. The Bertz CT molecular complexity index is 1160. The quantitative estimate of drug-likeness (QED) is 0.461. The first-order valence-electron chi connectivity index (χ1n) is 14.0. The van der Waals surface area contributed by atoms with E-state index in [0.717, 1.165) is 50.8 Å². The second kappa shape index (κ2) is 12.3. The number of methoxy groups -OCH3 is 1. The molecule has 1 amide bonds. The van der Waals surface area contributed by atoms with E-state index in [-0.39, 0.29) is 17.7 Å². The molecule has 5 rings (SSSR count). The van der Waals surface area contributed by atoms with E-state index in [9.17, 15) is 9.90 Å². The summed E-state index contributed by atoms with van der Waals surface area (Å²) in [5.41, 5.74) is 5.95. The maximum Gasteiger partial charge on any atom is 0.228 e. The van der Waals surface area contributed by atoms with Gasteiger partial charge in [-0.05, 0) is 90.6 Å². The number of hydrogen-bond donors (Lipinski definition) is 2. The number of allylic oxidation sites excluding steroid dienone is 2. The van der Waals surface area contributed by atoms with Gasteiger partial charge in [0, 0.05) is 46.1 Å². The second-order valence-corrected chi connectivity index (χ2v) is 11.0. The van der Waals surface area contributed by atoms with Crippen LogP contribution in [0.15, 0.2) is 72.5 Å². The summed E-state index contributed by atoms with van der Waals surface area (Å²) in [6.07, 6.45) is 10.2. The smallest absolute Gasteiger partial charge is 0.228 e. The summed E-state index contributed by atoms with van der Waals surface area (Å²) >= 11 is 0. The van der Waals surface area contributed by atoms with E-state index in [4.69, 9.17) is 4.74 Å². The van der Waals surface area contributed by atoms with Crippen LogP contribution in [0, 0.1) is 11.8 Å². The largest absolute Gasteiger partial charge is 0.385 e. The van der Waals surface area contributed by atoms with E-state index in [1.807, 2.05) is 25.4 Å². The van der Waals surface area contributed by atoms with E-state index in [0.29, 0.717) is 19.1 Å². The first-order valence-corrected chi connectivity index (χ1v) is 14.0. The number of aliphatic hydroxyl groups excluding tert-OH is 1. The van der Waals surface area contributed by atoms with Crippen molar-refractivity contribution in [3.8, 4) is 11.1 Å². The third-order valence-electron chi connectivity index (χ3n) is 8.09. The highest BCUT2D eigenvalue weighted by atomic mass is 16.5. The number of piperidine rings is 1. The van der Waals surface area contributed by atoms with Gasteiger partial charge in [-0.15, -0.1) is 0 Å². The number of ether oxygens (including phenoxy) is 1. The van der Waals surface area contributed by atoms with Crippen LogP contribution in [0.4, 0.5) is 0 Å². The molecule has 2 aromatic carbocycles. The van der Waals surface area contributed by atoms with Crippen LogP contribution in [0.1, 0.15) is 36.8 Å². The van der Waals surface area contributed by atoms with Crippen molar-refractivity contribution in [2.75, 3.05) is 33.9 Å². The highest BCUT2D eigenvalue weighted by molar-refractivity contribution is 5.81. The SMILES string of the molecule is COCCCc1cc(CN(C(=O)[C@H]2CNCC[C@@H]2C2=CC(O)N(C)C=C2)C2CC2)cc(-c2ccccc2)c1. The molecule has 3 aliphatic rings. The van der Waals surface area contributed by atoms with Crippen LogP contribution in [-0.2, 0) is 22.5 Å². The van der Waals surface area contributed by atoms with Crippen LogP contribution < -0.4 is 5.32 Å². The summed E-state index contributed by atoms with van der Waals surface area (Å²) < 4.78 is 5.30. The number of aryl methyl sites for hydroxylation is 1. The molecule has 1 aliphatic carbocycles. The molecule has 0 aromatic heterocycles. The molecule has 2 heterocycles. The lowest BCUT2D eigenvalue weighted by atomic mass is 9.79. The fourth-order valence-electron chi connectivity index (χ4n) is 5.80. The van der Waals surface area contributed by atoms with Crippen LogP contribution in [0.25, 0.3) is 11.1 Å². The van der Waals surface area contributed by atoms with Crippen molar-refractivity contribution in [1.82, 2.24) is 15.1 Å². The third kappa shape index (κ3) is 6.37. The molecule has 0 radical (unpaired) electrons. The molecule has 38 heavy (non-hydrogen) atoms.